The molecule has 1 aliphatic carbocycles. The van der Waals surface area contributed by atoms with E-state index >= 15 is 0 Å². The zero-order valence-electron chi connectivity index (χ0n) is 16.5. The van der Waals surface area contributed by atoms with Gasteiger partial charge in [0.05, 0.1) is 12.7 Å². The Morgan fingerprint density at radius 3 is 2.54 bits per heavy atom. The van der Waals surface area contributed by atoms with E-state index in [1.807, 2.05) is 6.92 Å². The largest absolute Gasteiger partial charge is 0.492 e. The average Bonchev–Trinajstić information content (AvgIpc) is 3.24. The van der Waals surface area contributed by atoms with Crippen molar-refractivity contribution in [1.29, 1.82) is 0 Å². The van der Waals surface area contributed by atoms with Crippen molar-refractivity contribution in [3.05, 3.63) is 18.2 Å². The minimum atomic E-state index is -3.65. The molecule has 1 saturated heterocycles. The van der Waals surface area contributed by atoms with Gasteiger partial charge in [-0.3, -0.25) is 4.79 Å². The van der Waals surface area contributed by atoms with Gasteiger partial charge in [0.1, 0.15) is 17.3 Å². The van der Waals surface area contributed by atoms with Crippen molar-refractivity contribution in [1.82, 2.24) is 4.31 Å². The fourth-order valence-corrected chi connectivity index (χ4v) is 5.43. The smallest absolute Gasteiger partial charge is 0.250 e. The summed E-state index contributed by atoms with van der Waals surface area (Å²) < 4.78 is 38.7. The van der Waals surface area contributed by atoms with Gasteiger partial charge in [0.25, 0.3) is 0 Å². The van der Waals surface area contributed by atoms with Crippen molar-refractivity contribution in [3.8, 4) is 5.75 Å². The monoisotopic (exact) mass is 410 g/mol. The number of nitrogens with one attached hydrogen (secondary N) is 1. The normalized spacial score (nSPS) is 18.9. The summed E-state index contributed by atoms with van der Waals surface area (Å²) in [5.74, 6) is 0.0325. The number of carbonyl (C=O) groups excluding carboxylic acids is 1. The molecular weight excluding hydrogens is 380 g/mol. The van der Waals surface area contributed by atoms with Gasteiger partial charge in [-0.05, 0) is 50.8 Å². The Kier molecular flexibility index (Phi) is 7.31. The molecule has 1 amide bonds. The van der Waals surface area contributed by atoms with E-state index in [4.69, 9.17) is 9.47 Å². The third kappa shape index (κ3) is 5.24. The van der Waals surface area contributed by atoms with Crippen LogP contribution in [0.25, 0.3) is 0 Å². The Bertz CT molecular complexity index is 769. The Labute approximate surface area is 167 Å². The van der Waals surface area contributed by atoms with Crippen LogP contribution in [0.5, 0.6) is 5.75 Å². The zero-order chi connectivity index (χ0) is 20.0. The van der Waals surface area contributed by atoms with Gasteiger partial charge in [-0.1, -0.05) is 19.3 Å². The number of ether oxygens (including phenoxy) is 2. The third-order valence-electron chi connectivity index (χ3n) is 5.21. The maximum absolute atomic E-state index is 13.0. The van der Waals surface area contributed by atoms with E-state index < -0.39 is 10.0 Å². The van der Waals surface area contributed by atoms with E-state index in [9.17, 15) is 13.2 Å². The van der Waals surface area contributed by atoms with E-state index in [1.54, 1.807) is 12.1 Å². The van der Waals surface area contributed by atoms with Crippen molar-refractivity contribution in [2.24, 2.45) is 0 Å². The first-order chi connectivity index (χ1) is 13.5. The number of sulfonamides is 1. The van der Waals surface area contributed by atoms with Crippen molar-refractivity contribution < 1.29 is 22.7 Å². The lowest BCUT2D eigenvalue weighted by atomic mass is 9.98. The molecule has 2 fully saturated rings. The number of anilines is 1. The summed E-state index contributed by atoms with van der Waals surface area (Å²) in [6.45, 7) is 3.18. The second-order valence-electron chi connectivity index (χ2n) is 7.32. The van der Waals surface area contributed by atoms with Gasteiger partial charge < -0.3 is 14.8 Å². The average molecular weight is 411 g/mol. The van der Waals surface area contributed by atoms with Crippen LogP contribution in [0.2, 0.25) is 0 Å². The minimum absolute atomic E-state index is 0.0217. The minimum Gasteiger partial charge on any atom is -0.492 e. The highest BCUT2D eigenvalue weighted by Gasteiger charge is 2.30. The molecule has 0 bridgehead atoms. The molecule has 1 aliphatic heterocycles. The van der Waals surface area contributed by atoms with E-state index in [-0.39, 0.29) is 23.5 Å². The van der Waals surface area contributed by atoms with E-state index in [1.165, 1.54) is 16.8 Å². The number of hydrogen-bond donors (Lipinski definition) is 1. The van der Waals surface area contributed by atoms with Gasteiger partial charge in [-0.2, -0.15) is 4.31 Å². The zero-order valence-corrected chi connectivity index (χ0v) is 17.3. The first-order valence-corrected chi connectivity index (χ1v) is 11.6. The molecule has 3 rings (SSSR count). The van der Waals surface area contributed by atoms with Gasteiger partial charge in [-0.15, -0.1) is 0 Å². The number of benzene rings is 1. The first kappa shape index (κ1) is 21.1. The van der Waals surface area contributed by atoms with Gasteiger partial charge in [-0.25, -0.2) is 8.42 Å². The quantitative estimate of drug-likeness (QED) is 0.712. The molecule has 1 saturated carbocycles. The number of hydrogen-bond acceptors (Lipinski definition) is 5. The Hall–Kier alpha value is -1.64. The summed E-state index contributed by atoms with van der Waals surface area (Å²) in [5, 5.41) is 2.75. The number of rotatable bonds is 8. The molecule has 7 nitrogen and oxygen atoms in total. The Balaban J connectivity index is 1.70. The molecular formula is C20H30N2O5S. The first-order valence-electron chi connectivity index (χ1n) is 10.2. The number of amides is 1. The van der Waals surface area contributed by atoms with E-state index in [2.05, 4.69) is 5.32 Å². The van der Waals surface area contributed by atoms with Gasteiger partial charge in [0, 0.05) is 18.8 Å². The van der Waals surface area contributed by atoms with Crippen molar-refractivity contribution in [2.75, 3.05) is 31.6 Å². The molecule has 0 atom stereocenters. The fraction of sp³-hybridized carbons (Fsp3) is 0.650. The molecule has 0 radical (unpaired) electrons. The highest BCUT2D eigenvalue weighted by molar-refractivity contribution is 7.89. The summed E-state index contributed by atoms with van der Waals surface area (Å²) in [4.78, 5) is 12.4. The molecule has 0 aromatic heterocycles. The summed E-state index contributed by atoms with van der Waals surface area (Å²) in [7, 11) is -3.65. The second kappa shape index (κ2) is 9.71. The van der Waals surface area contributed by atoms with Crippen LogP contribution in [-0.2, 0) is 19.6 Å². The fourth-order valence-electron chi connectivity index (χ4n) is 3.75. The van der Waals surface area contributed by atoms with Crippen molar-refractivity contribution in [2.45, 2.75) is 62.9 Å². The third-order valence-corrected chi connectivity index (χ3v) is 7.13. The van der Waals surface area contributed by atoms with Crippen LogP contribution in [0.4, 0.5) is 5.69 Å². The predicted molar refractivity (Wildman–Crippen MR) is 107 cm³/mol. The number of nitrogens with zero attached hydrogens (tertiary/aromatic N) is 1. The maximum Gasteiger partial charge on any atom is 0.250 e. The molecule has 28 heavy (non-hydrogen) atoms. The van der Waals surface area contributed by atoms with E-state index in [0.29, 0.717) is 31.1 Å². The molecule has 1 aromatic carbocycles. The van der Waals surface area contributed by atoms with E-state index in [0.717, 1.165) is 38.5 Å². The molecule has 0 spiro atoms. The van der Waals surface area contributed by atoms with Crippen molar-refractivity contribution >= 4 is 21.6 Å². The van der Waals surface area contributed by atoms with Crippen LogP contribution in [0.15, 0.2) is 23.1 Å². The van der Waals surface area contributed by atoms with Gasteiger partial charge >= 0.3 is 0 Å². The van der Waals surface area contributed by atoms with Crippen molar-refractivity contribution in [3.63, 3.8) is 0 Å². The Morgan fingerprint density at radius 1 is 1.14 bits per heavy atom. The topological polar surface area (TPSA) is 84.9 Å². The highest BCUT2D eigenvalue weighted by atomic mass is 32.2. The molecule has 1 aromatic rings. The summed E-state index contributed by atoms with van der Waals surface area (Å²) >= 11 is 0. The second-order valence-corrected chi connectivity index (χ2v) is 9.23. The van der Waals surface area contributed by atoms with Gasteiger partial charge in [0.15, 0.2) is 0 Å². The van der Waals surface area contributed by atoms with Crippen LogP contribution in [0.3, 0.4) is 0 Å². The van der Waals surface area contributed by atoms with Crippen LogP contribution in [-0.4, -0.2) is 51.0 Å². The molecule has 1 N–H and O–H groups in total. The van der Waals surface area contributed by atoms with Crippen LogP contribution in [0, 0.1) is 0 Å². The lowest BCUT2D eigenvalue weighted by Crippen LogP contribution is -2.28. The van der Waals surface area contributed by atoms with Crippen LogP contribution >= 0.6 is 0 Å². The highest BCUT2D eigenvalue weighted by Crippen LogP contribution is 2.31. The summed E-state index contributed by atoms with van der Waals surface area (Å²) in [6.07, 6.45) is 7.36. The lowest BCUT2D eigenvalue weighted by Gasteiger charge is -2.22. The predicted octanol–water partition coefficient (Wildman–Crippen LogP) is 3.16. The summed E-state index contributed by atoms with van der Waals surface area (Å²) in [5.41, 5.74) is 0.429. The molecule has 8 heteroatoms. The molecule has 1 heterocycles. The lowest BCUT2D eigenvalue weighted by molar-refractivity contribution is -0.123. The molecule has 0 unspecified atom stereocenters. The van der Waals surface area contributed by atoms with Gasteiger partial charge in [0.2, 0.25) is 15.9 Å². The SMILES string of the molecule is CCOc1ccc(NC(=O)COC2CCCCC2)cc1S(=O)(=O)N1CCCC1. The Morgan fingerprint density at radius 2 is 1.86 bits per heavy atom. The van der Waals surface area contributed by atoms with Crippen LogP contribution in [0.1, 0.15) is 51.9 Å². The summed E-state index contributed by atoms with van der Waals surface area (Å²) in [6, 6.07) is 4.74. The maximum atomic E-state index is 13.0. The number of carbonyl (C=O) groups is 1. The van der Waals surface area contributed by atoms with Crippen LogP contribution < -0.4 is 10.1 Å². The molecule has 2 aliphatic rings. The molecule has 156 valence electrons. The standard InChI is InChI=1S/C20H30N2O5S/c1-2-26-18-11-10-16(14-19(18)28(24,25)22-12-6-7-13-22)21-20(23)15-27-17-8-4-3-5-9-17/h10-11,14,17H,2-9,12-13,15H2,1H3,(H,21,23).